The molecule has 2 aromatic heterocycles. The summed E-state index contributed by atoms with van der Waals surface area (Å²) in [5.74, 6) is 0.566. The molecule has 0 atom stereocenters. The SMILES string of the molecule is Cc1cccc2cc(-c3nn[nH]n3)cnc12. The minimum Gasteiger partial charge on any atom is -0.255 e. The van der Waals surface area contributed by atoms with Gasteiger partial charge in [0.05, 0.1) is 5.52 Å². The van der Waals surface area contributed by atoms with E-state index in [2.05, 4.69) is 25.6 Å². The molecule has 1 N–H and O–H groups in total. The van der Waals surface area contributed by atoms with Crippen LogP contribution in [0.2, 0.25) is 0 Å². The number of aromatic amines is 1. The summed E-state index contributed by atoms with van der Waals surface area (Å²) in [6.45, 7) is 2.04. The number of tetrazole rings is 1. The fraction of sp³-hybridized carbons (Fsp3) is 0.0909. The van der Waals surface area contributed by atoms with E-state index in [0.717, 1.165) is 22.0 Å². The number of hydrogen-bond donors (Lipinski definition) is 1. The van der Waals surface area contributed by atoms with Gasteiger partial charge in [-0.25, -0.2) is 0 Å². The lowest BCUT2D eigenvalue weighted by molar-refractivity contribution is 0.881. The summed E-state index contributed by atoms with van der Waals surface area (Å²) in [5, 5.41) is 14.9. The number of aryl methyl sites for hydroxylation is 1. The highest BCUT2D eigenvalue weighted by Gasteiger charge is 2.05. The maximum atomic E-state index is 4.42. The van der Waals surface area contributed by atoms with Gasteiger partial charge in [-0.2, -0.15) is 5.21 Å². The van der Waals surface area contributed by atoms with Crippen LogP contribution in [0.15, 0.2) is 30.5 Å². The lowest BCUT2D eigenvalue weighted by Crippen LogP contribution is -1.87. The smallest absolute Gasteiger partial charge is 0.206 e. The van der Waals surface area contributed by atoms with Crippen molar-refractivity contribution in [3.05, 3.63) is 36.0 Å². The number of benzene rings is 1. The van der Waals surface area contributed by atoms with E-state index in [4.69, 9.17) is 0 Å². The zero-order chi connectivity index (χ0) is 11.0. The van der Waals surface area contributed by atoms with Gasteiger partial charge in [0.2, 0.25) is 5.82 Å². The Balaban J connectivity index is 2.24. The number of pyridine rings is 1. The Hall–Kier alpha value is -2.30. The molecule has 0 saturated heterocycles. The van der Waals surface area contributed by atoms with E-state index in [0.29, 0.717) is 5.82 Å². The molecule has 0 aliphatic heterocycles. The van der Waals surface area contributed by atoms with Gasteiger partial charge >= 0.3 is 0 Å². The van der Waals surface area contributed by atoms with Crippen LogP contribution in [0.25, 0.3) is 22.3 Å². The molecular weight excluding hydrogens is 202 g/mol. The molecule has 0 radical (unpaired) electrons. The van der Waals surface area contributed by atoms with Gasteiger partial charge in [0.25, 0.3) is 0 Å². The number of fused-ring (bicyclic) bond motifs is 1. The monoisotopic (exact) mass is 211 g/mol. The Labute approximate surface area is 91.5 Å². The molecule has 0 saturated carbocycles. The van der Waals surface area contributed by atoms with E-state index in [9.17, 15) is 0 Å². The zero-order valence-electron chi connectivity index (χ0n) is 8.68. The maximum absolute atomic E-state index is 4.42. The summed E-state index contributed by atoms with van der Waals surface area (Å²) in [6.07, 6.45) is 1.76. The van der Waals surface area contributed by atoms with Gasteiger partial charge in [-0.1, -0.05) is 18.2 Å². The van der Waals surface area contributed by atoms with Crippen LogP contribution >= 0.6 is 0 Å². The first-order chi connectivity index (χ1) is 7.84. The van der Waals surface area contributed by atoms with Gasteiger partial charge in [-0.3, -0.25) is 4.98 Å². The Morgan fingerprint density at radius 2 is 2.19 bits per heavy atom. The summed E-state index contributed by atoms with van der Waals surface area (Å²) in [5.41, 5.74) is 3.04. The van der Waals surface area contributed by atoms with E-state index in [1.54, 1.807) is 6.20 Å². The summed E-state index contributed by atoms with van der Waals surface area (Å²) >= 11 is 0. The average Bonchev–Trinajstić information content (AvgIpc) is 2.82. The highest BCUT2D eigenvalue weighted by atomic mass is 15.5. The highest BCUT2D eigenvalue weighted by Crippen LogP contribution is 2.20. The molecule has 3 aromatic rings. The molecule has 0 fully saturated rings. The number of para-hydroxylation sites is 1. The number of rotatable bonds is 1. The first-order valence-electron chi connectivity index (χ1n) is 4.94. The Morgan fingerprint density at radius 1 is 1.25 bits per heavy atom. The number of aromatic nitrogens is 5. The molecule has 0 amide bonds. The van der Waals surface area contributed by atoms with Gasteiger partial charge < -0.3 is 0 Å². The third kappa shape index (κ3) is 1.33. The van der Waals surface area contributed by atoms with Crippen molar-refractivity contribution in [2.45, 2.75) is 6.92 Å². The molecule has 0 aliphatic rings. The second-order valence-electron chi connectivity index (χ2n) is 3.61. The molecule has 2 heterocycles. The first-order valence-corrected chi connectivity index (χ1v) is 4.94. The topological polar surface area (TPSA) is 67.3 Å². The molecular formula is C11H9N5. The normalized spacial score (nSPS) is 10.8. The van der Waals surface area contributed by atoms with Crippen LogP contribution in [0.4, 0.5) is 0 Å². The van der Waals surface area contributed by atoms with Crippen molar-refractivity contribution < 1.29 is 0 Å². The minimum absolute atomic E-state index is 0.566. The van der Waals surface area contributed by atoms with Gasteiger partial charge in [0.15, 0.2) is 0 Å². The molecule has 0 unspecified atom stereocenters. The van der Waals surface area contributed by atoms with E-state index in [-0.39, 0.29) is 0 Å². The van der Waals surface area contributed by atoms with E-state index < -0.39 is 0 Å². The molecule has 3 rings (SSSR count). The first kappa shape index (κ1) is 8.96. The van der Waals surface area contributed by atoms with Crippen molar-refractivity contribution in [1.82, 2.24) is 25.6 Å². The molecule has 78 valence electrons. The number of nitrogens with one attached hydrogen (secondary N) is 1. The van der Waals surface area contributed by atoms with E-state index in [1.165, 1.54) is 0 Å². The van der Waals surface area contributed by atoms with Crippen molar-refractivity contribution in [2.24, 2.45) is 0 Å². The van der Waals surface area contributed by atoms with Gasteiger partial charge in [-0.15, -0.1) is 10.2 Å². The molecule has 0 spiro atoms. The molecule has 1 aromatic carbocycles. The molecule has 0 aliphatic carbocycles. The lowest BCUT2D eigenvalue weighted by Gasteiger charge is -2.01. The average molecular weight is 211 g/mol. The van der Waals surface area contributed by atoms with E-state index in [1.807, 2.05) is 31.2 Å². The highest BCUT2D eigenvalue weighted by molar-refractivity contribution is 5.84. The fourth-order valence-electron chi connectivity index (χ4n) is 1.72. The van der Waals surface area contributed by atoms with Crippen LogP contribution in [-0.2, 0) is 0 Å². The van der Waals surface area contributed by atoms with Crippen LogP contribution in [0.5, 0.6) is 0 Å². The fourth-order valence-corrected chi connectivity index (χ4v) is 1.72. The third-order valence-corrected chi connectivity index (χ3v) is 2.52. The Kier molecular flexibility index (Phi) is 1.89. The van der Waals surface area contributed by atoms with Crippen molar-refractivity contribution in [1.29, 1.82) is 0 Å². The van der Waals surface area contributed by atoms with Gasteiger partial charge in [0, 0.05) is 17.1 Å². The second kappa shape index (κ2) is 3.37. The van der Waals surface area contributed by atoms with Crippen molar-refractivity contribution in [3.8, 4) is 11.4 Å². The van der Waals surface area contributed by atoms with Crippen LogP contribution in [0.3, 0.4) is 0 Å². The predicted octanol–water partition coefficient (Wildman–Crippen LogP) is 1.72. The summed E-state index contributed by atoms with van der Waals surface area (Å²) in [6, 6.07) is 8.10. The van der Waals surface area contributed by atoms with Gasteiger partial charge in [-0.05, 0) is 23.8 Å². The number of nitrogens with zero attached hydrogens (tertiary/aromatic N) is 4. The third-order valence-electron chi connectivity index (χ3n) is 2.52. The Bertz CT molecular complexity index is 630. The lowest BCUT2D eigenvalue weighted by atomic mass is 10.1. The van der Waals surface area contributed by atoms with Crippen LogP contribution in [0.1, 0.15) is 5.56 Å². The number of hydrogen-bond acceptors (Lipinski definition) is 4. The van der Waals surface area contributed by atoms with Gasteiger partial charge in [0.1, 0.15) is 0 Å². The van der Waals surface area contributed by atoms with Crippen LogP contribution < -0.4 is 0 Å². The van der Waals surface area contributed by atoms with Crippen LogP contribution in [0, 0.1) is 6.92 Å². The van der Waals surface area contributed by atoms with E-state index >= 15 is 0 Å². The largest absolute Gasteiger partial charge is 0.255 e. The summed E-state index contributed by atoms with van der Waals surface area (Å²) in [4.78, 5) is 4.42. The van der Waals surface area contributed by atoms with Crippen molar-refractivity contribution in [3.63, 3.8) is 0 Å². The maximum Gasteiger partial charge on any atom is 0.206 e. The Morgan fingerprint density at radius 3 is 3.00 bits per heavy atom. The second-order valence-corrected chi connectivity index (χ2v) is 3.61. The van der Waals surface area contributed by atoms with Crippen molar-refractivity contribution in [2.75, 3.05) is 0 Å². The molecule has 5 heteroatoms. The summed E-state index contributed by atoms with van der Waals surface area (Å²) in [7, 11) is 0. The minimum atomic E-state index is 0.566. The van der Waals surface area contributed by atoms with Crippen LogP contribution in [-0.4, -0.2) is 25.6 Å². The standard InChI is InChI=1S/C11H9N5/c1-7-3-2-4-8-5-9(6-12-10(7)8)11-13-15-16-14-11/h2-6H,1H3,(H,13,14,15,16). The van der Waals surface area contributed by atoms with Crippen molar-refractivity contribution >= 4 is 10.9 Å². The zero-order valence-corrected chi connectivity index (χ0v) is 8.68. The quantitative estimate of drug-likeness (QED) is 0.665. The predicted molar refractivity (Wildman–Crippen MR) is 59.7 cm³/mol. The molecule has 5 nitrogen and oxygen atoms in total. The molecule has 0 bridgehead atoms. The summed E-state index contributed by atoms with van der Waals surface area (Å²) < 4.78 is 0. The number of H-pyrrole nitrogens is 1. The molecule has 16 heavy (non-hydrogen) atoms.